The van der Waals surface area contributed by atoms with E-state index < -0.39 is 5.41 Å². The molecular formula is C60H35N3OS. The minimum atomic E-state index is -0.491. The third kappa shape index (κ3) is 5.30. The molecule has 4 nitrogen and oxygen atoms in total. The van der Waals surface area contributed by atoms with Crippen molar-refractivity contribution in [3.05, 3.63) is 235 Å². The lowest BCUT2D eigenvalue weighted by molar-refractivity contribution is 0.670. The lowest BCUT2D eigenvalue weighted by Gasteiger charge is -2.39. The van der Waals surface area contributed by atoms with Crippen molar-refractivity contribution in [3.63, 3.8) is 0 Å². The second kappa shape index (κ2) is 13.9. The zero-order chi connectivity index (χ0) is 42.6. The largest absolute Gasteiger partial charge is 0.455 e. The highest BCUT2D eigenvalue weighted by atomic mass is 32.2. The number of furan rings is 1. The molecule has 0 unspecified atom stereocenters. The molecule has 4 heterocycles. The van der Waals surface area contributed by atoms with Gasteiger partial charge in [-0.05, 0) is 87.3 Å². The molecule has 12 aromatic rings. The molecular weight excluding hydrogens is 811 g/mol. The van der Waals surface area contributed by atoms with E-state index in [4.69, 9.17) is 19.4 Å². The summed E-state index contributed by atoms with van der Waals surface area (Å²) in [5.74, 6) is 0.648. The number of fused-ring (bicyclic) bond motifs is 15. The molecule has 1 aliphatic carbocycles. The summed E-state index contributed by atoms with van der Waals surface area (Å²) in [7, 11) is 0. The Bertz CT molecular complexity index is 3890. The van der Waals surface area contributed by atoms with Crippen LogP contribution in [0, 0.1) is 0 Å². The molecule has 0 atom stereocenters. The van der Waals surface area contributed by atoms with Crippen LogP contribution < -0.4 is 0 Å². The van der Waals surface area contributed by atoms with Crippen LogP contribution in [0.3, 0.4) is 0 Å². The zero-order valence-corrected chi connectivity index (χ0v) is 35.7. The molecule has 9 aromatic carbocycles. The van der Waals surface area contributed by atoms with Gasteiger partial charge in [-0.15, -0.1) is 0 Å². The van der Waals surface area contributed by atoms with Crippen molar-refractivity contribution in [1.82, 2.24) is 15.0 Å². The topological polar surface area (TPSA) is 51.8 Å². The van der Waals surface area contributed by atoms with Crippen LogP contribution in [0.15, 0.2) is 227 Å². The van der Waals surface area contributed by atoms with Gasteiger partial charge in [0.2, 0.25) is 0 Å². The Morgan fingerprint density at radius 3 is 1.82 bits per heavy atom. The molecule has 2 aliphatic rings. The Balaban J connectivity index is 1.03. The minimum Gasteiger partial charge on any atom is -0.455 e. The van der Waals surface area contributed by atoms with E-state index in [0.717, 1.165) is 77.6 Å². The molecule has 0 saturated heterocycles. The fourth-order valence-electron chi connectivity index (χ4n) is 10.7. The third-order valence-corrected chi connectivity index (χ3v) is 14.7. The number of para-hydroxylation sites is 2. The summed E-state index contributed by atoms with van der Waals surface area (Å²) in [4.78, 5) is 18.6. The molecule has 14 rings (SSSR count). The molecule has 1 aliphatic heterocycles. The zero-order valence-electron chi connectivity index (χ0n) is 34.9. The number of pyridine rings is 1. The molecule has 65 heavy (non-hydrogen) atoms. The minimum absolute atomic E-state index is 0.491. The lowest BCUT2D eigenvalue weighted by atomic mass is 9.67. The van der Waals surface area contributed by atoms with Gasteiger partial charge in [0.25, 0.3) is 0 Å². The van der Waals surface area contributed by atoms with Gasteiger partial charge in [-0.25, -0.2) is 15.0 Å². The molecule has 1 spiro atoms. The van der Waals surface area contributed by atoms with E-state index in [1.165, 1.54) is 48.6 Å². The average Bonchev–Trinajstić information content (AvgIpc) is 3.89. The van der Waals surface area contributed by atoms with Crippen molar-refractivity contribution in [2.24, 2.45) is 0 Å². The van der Waals surface area contributed by atoms with Crippen molar-refractivity contribution < 1.29 is 4.42 Å². The van der Waals surface area contributed by atoms with Gasteiger partial charge >= 0.3 is 0 Å². The number of hydrogen-bond acceptors (Lipinski definition) is 5. The molecule has 302 valence electrons. The van der Waals surface area contributed by atoms with E-state index >= 15 is 0 Å². The maximum Gasteiger partial charge on any atom is 0.160 e. The van der Waals surface area contributed by atoms with Crippen molar-refractivity contribution in [1.29, 1.82) is 0 Å². The van der Waals surface area contributed by atoms with Crippen LogP contribution in [0.4, 0.5) is 0 Å². The molecule has 5 heteroatoms. The van der Waals surface area contributed by atoms with Gasteiger partial charge in [-0.2, -0.15) is 0 Å². The van der Waals surface area contributed by atoms with Gasteiger partial charge < -0.3 is 4.42 Å². The first-order chi connectivity index (χ1) is 32.2. The lowest BCUT2D eigenvalue weighted by Crippen LogP contribution is -2.31. The normalized spacial score (nSPS) is 13.3. The maximum absolute atomic E-state index is 6.54. The highest BCUT2D eigenvalue weighted by Gasteiger charge is 2.50. The van der Waals surface area contributed by atoms with Crippen LogP contribution in [0.1, 0.15) is 22.3 Å². The van der Waals surface area contributed by atoms with Crippen LogP contribution >= 0.6 is 11.8 Å². The summed E-state index contributed by atoms with van der Waals surface area (Å²) in [6, 6.07) is 76.0. The van der Waals surface area contributed by atoms with E-state index in [1.807, 2.05) is 42.1 Å². The first-order valence-corrected chi connectivity index (χ1v) is 22.8. The smallest absolute Gasteiger partial charge is 0.160 e. The summed E-state index contributed by atoms with van der Waals surface area (Å²) in [5, 5.41) is 5.53. The predicted octanol–water partition coefficient (Wildman–Crippen LogP) is 15.6. The molecule has 0 bridgehead atoms. The highest BCUT2D eigenvalue weighted by molar-refractivity contribution is 7.99. The summed E-state index contributed by atoms with van der Waals surface area (Å²) in [6.07, 6.45) is 0. The monoisotopic (exact) mass is 845 g/mol. The van der Waals surface area contributed by atoms with Gasteiger partial charge in [0.15, 0.2) is 5.82 Å². The second-order valence-corrected chi connectivity index (χ2v) is 18.1. The summed E-state index contributed by atoms with van der Waals surface area (Å²) in [5.41, 5.74) is 16.3. The molecule has 0 saturated carbocycles. The maximum atomic E-state index is 6.54. The van der Waals surface area contributed by atoms with Crippen molar-refractivity contribution in [3.8, 4) is 56.3 Å². The Kier molecular flexibility index (Phi) is 7.80. The standard InChI is InChI=1S/C60H35N3OS/c1-3-16-36(17-4-1)57-46-33-45-39-20-7-9-24-47(39)60(48-25-10-13-28-55(48)65-56-29-14-11-26-49(56)60)50(45)34-44(46)40-31-30-38(32-52(40)61-57)51-35-53(63-59(62-51)37-18-5-2-6-19-37)43-23-15-22-42-41-21-8-12-27-54(41)64-58(42)43/h1-35H. The van der Waals surface area contributed by atoms with E-state index in [9.17, 15) is 0 Å². The van der Waals surface area contributed by atoms with E-state index in [1.54, 1.807) is 0 Å². The van der Waals surface area contributed by atoms with Crippen LogP contribution in [0.5, 0.6) is 0 Å². The summed E-state index contributed by atoms with van der Waals surface area (Å²) >= 11 is 1.87. The van der Waals surface area contributed by atoms with Gasteiger partial charge in [0.1, 0.15) is 11.2 Å². The quantitative estimate of drug-likeness (QED) is 0.165. The summed E-state index contributed by atoms with van der Waals surface area (Å²) < 4.78 is 6.54. The molecule has 0 amide bonds. The SMILES string of the molecule is c1ccc(-c2nc(-c3ccc4c(c3)nc(-c3ccccc3)c3cc5c(cc34)C3(c4ccccc4Sc4ccccc43)c3ccccc3-5)cc(-c3cccc4c3oc3ccccc34)n2)cc1. The fourth-order valence-corrected chi connectivity index (χ4v) is 11.9. The van der Waals surface area contributed by atoms with Crippen LogP contribution in [0.25, 0.3) is 99.9 Å². The van der Waals surface area contributed by atoms with Crippen molar-refractivity contribution >= 4 is 55.4 Å². The van der Waals surface area contributed by atoms with Gasteiger partial charge in [0, 0.05) is 53.6 Å². The number of rotatable bonds is 4. The van der Waals surface area contributed by atoms with Crippen LogP contribution in [0.2, 0.25) is 0 Å². The summed E-state index contributed by atoms with van der Waals surface area (Å²) in [6.45, 7) is 0. The first kappa shape index (κ1) is 36.4. The molecule has 0 N–H and O–H groups in total. The average molecular weight is 846 g/mol. The highest BCUT2D eigenvalue weighted by Crippen LogP contribution is 2.63. The number of benzene rings is 9. The molecule has 3 aromatic heterocycles. The van der Waals surface area contributed by atoms with Gasteiger partial charge in [-0.3, -0.25) is 0 Å². The molecule has 0 fully saturated rings. The van der Waals surface area contributed by atoms with E-state index in [-0.39, 0.29) is 0 Å². The Labute approximate surface area is 378 Å². The Morgan fingerprint density at radius 2 is 1.02 bits per heavy atom. The van der Waals surface area contributed by atoms with E-state index in [2.05, 4.69) is 182 Å². The first-order valence-electron chi connectivity index (χ1n) is 22.0. The fraction of sp³-hybridized carbons (Fsp3) is 0.0167. The van der Waals surface area contributed by atoms with Gasteiger partial charge in [-0.1, -0.05) is 176 Å². The predicted molar refractivity (Wildman–Crippen MR) is 265 cm³/mol. The van der Waals surface area contributed by atoms with E-state index in [0.29, 0.717) is 5.82 Å². The Morgan fingerprint density at radius 1 is 0.369 bits per heavy atom. The number of aromatic nitrogens is 3. The third-order valence-electron chi connectivity index (χ3n) is 13.5. The van der Waals surface area contributed by atoms with Crippen LogP contribution in [-0.4, -0.2) is 15.0 Å². The van der Waals surface area contributed by atoms with Gasteiger partial charge in [0.05, 0.1) is 28.0 Å². The molecule has 0 radical (unpaired) electrons. The second-order valence-electron chi connectivity index (χ2n) is 17.0. The number of nitrogens with zero attached hydrogens (tertiary/aromatic N) is 3. The van der Waals surface area contributed by atoms with Crippen molar-refractivity contribution in [2.75, 3.05) is 0 Å². The van der Waals surface area contributed by atoms with Crippen molar-refractivity contribution in [2.45, 2.75) is 15.2 Å². The van der Waals surface area contributed by atoms with Crippen LogP contribution in [-0.2, 0) is 5.41 Å². The Hall–Kier alpha value is -8.12. The number of hydrogen-bond donors (Lipinski definition) is 0.